The first-order chi connectivity index (χ1) is 29.0. The number of unbranched alkanes of at least 4 members (excludes halogenated alkanes) is 29. The molecular weight excluding hydrogens is 768 g/mol. The number of aliphatic hydroxyl groups is 1. The molecule has 0 radical (unpaired) electrons. The minimum atomic E-state index is -4.35. The highest BCUT2D eigenvalue weighted by Gasteiger charge is 2.27. The maximum absolute atomic E-state index is 12.8. The highest BCUT2D eigenvalue weighted by molar-refractivity contribution is 7.47. The van der Waals surface area contributed by atoms with Crippen LogP contribution >= 0.6 is 7.82 Å². The zero-order valence-electron chi connectivity index (χ0n) is 40.2. The molecule has 0 saturated heterocycles. The molecule has 0 aromatic rings. The summed E-state index contributed by atoms with van der Waals surface area (Å²) >= 11 is 0. The highest BCUT2D eigenvalue weighted by atomic mass is 31.2. The average Bonchev–Trinajstić information content (AvgIpc) is 3.20. The van der Waals surface area contributed by atoms with E-state index in [-0.39, 0.29) is 19.1 Å². The standard InChI is InChI=1S/C51H99N2O6P/c1-6-8-10-12-14-16-18-19-20-21-22-23-24-25-26-27-28-29-30-31-32-33-34-35-36-38-40-42-44-50(54)49(48-59-60(56,57)58-47-46-53(3,4)5)52-51(55)45-43-41-39-37-17-15-13-11-9-7-2/h11,13,35-36,42,44,49-50,54H,6-10,12,14-34,37-41,43,45-48H2,1-5H3,(H-,52,55,56,57)/p+1/b13-11-,36-35+,44-42+. The third-order valence-corrected chi connectivity index (χ3v) is 12.3. The van der Waals surface area contributed by atoms with Crippen LogP contribution in [0.25, 0.3) is 0 Å². The molecule has 0 bridgehead atoms. The number of amides is 1. The molecule has 0 aliphatic rings. The summed E-state index contributed by atoms with van der Waals surface area (Å²) in [4.78, 5) is 23.1. The normalized spacial score (nSPS) is 14.4. The molecule has 3 unspecified atom stereocenters. The Morgan fingerprint density at radius 1 is 0.550 bits per heavy atom. The lowest BCUT2D eigenvalue weighted by atomic mass is 10.0. The first-order valence-corrected chi connectivity index (χ1v) is 26.9. The van der Waals surface area contributed by atoms with E-state index in [4.69, 9.17) is 9.05 Å². The summed E-state index contributed by atoms with van der Waals surface area (Å²) in [5.74, 6) is -0.199. The minimum Gasteiger partial charge on any atom is -0.387 e. The number of phosphoric ester groups is 1. The molecule has 3 N–H and O–H groups in total. The van der Waals surface area contributed by atoms with Crippen molar-refractivity contribution in [2.45, 2.75) is 244 Å². The van der Waals surface area contributed by atoms with Crippen molar-refractivity contribution in [2.24, 2.45) is 0 Å². The van der Waals surface area contributed by atoms with Gasteiger partial charge in [-0.2, -0.15) is 0 Å². The largest absolute Gasteiger partial charge is 0.472 e. The van der Waals surface area contributed by atoms with Crippen LogP contribution in [0.2, 0.25) is 0 Å². The maximum atomic E-state index is 12.8. The molecule has 60 heavy (non-hydrogen) atoms. The van der Waals surface area contributed by atoms with Crippen molar-refractivity contribution in [1.82, 2.24) is 5.32 Å². The van der Waals surface area contributed by atoms with Crippen LogP contribution in [0.5, 0.6) is 0 Å². The van der Waals surface area contributed by atoms with Gasteiger partial charge in [0, 0.05) is 6.42 Å². The van der Waals surface area contributed by atoms with E-state index in [1.165, 1.54) is 148 Å². The number of nitrogens with zero attached hydrogens (tertiary/aromatic N) is 1. The van der Waals surface area contributed by atoms with Crippen LogP contribution in [0.15, 0.2) is 36.5 Å². The van der Waals surface area contributed by atoms with Crippen molar-refractivity contribution in [3.8, 4) is 0 Å². The SMILES string of the molecule is CCC/C=C\CCCCCCCC(=O)NC(COP(=O)(O)OCC[N+](C)(C)C)C(O)/C=C/CC/C=C/CCCCCCCCCCCCCCCCCCCCCCCC. The molecule has 0 aliphatic heterocycles. The molecule has 0 rings (SSSR count). The second-order valence-corrected chi connectivity index (χ2v) is 20.0. The summed E-state index contributed by atoms with van der Waals surface area (Å²) in [6.45, 7) is 4.73. The molecular formula is C51H100N2O6P+. The zero-order chi connectivity index (χ0) is 44.3. The van der Waals surface area contributed by atoms with Crippen LogP contribution in [-0.2, 0) is 18.4 Å². The first kappa shape index (κ1) is 58.7. The second-order valence-electron chi connectivity index (χ2n) is 18.5. The molecule has 354 valence electrons. The number of hydrogen-bond donors (Lipinski definition) is 3. The van der Waals surface area contributed by atoms with E-state index in [0.29, 0.717) is 17.4 Å². The van der Waals surface area contributed by atoms with Gasteiger partial charge in [0.05, 0.1) is 39.9 Å². The Bertz CT molecular complexity index is 1070. The maximum Gasteiger partial charge on any atom is 0.472 e. The van der Waals surface area contributed by atoms with Crippen LogP contribution in [-0.4, -0.2) is 73.4 Å². The van der Waals surface area contributed by atoms with Crippen LogP contribution < -0.4 is 5.32 Å². The molecule has 0 aliphatic carbocycles. The Morgan fingerprint density at radius 3 is 1.40 bits per heavy atom. The van der Waals surface area contributed by atoms with Gasteiger partial charge in [0.25, 0.3) is 0 Å². The van der Waals surface area contributed by atoms with Gasteiger partial charge in [0.1, 0.15) is 13.2 Å². The fourth-order valence-electron chi connectivity index (χ4n) is 7.30. The van der Waals surface area contributed by atoms with Crippen molar-refractivity contribution in [2.75, 3.05) is 40.9 Å². The van der Waals surface area contributed by atoms with Gasteiger partial charge in [-0.15, -0.1) is 0 Å². The quantitative estimate of drug-likeness (QED) is 0.0244. The van der Waals surface area contributed by atoms with Gasteiger partial charge in [0.15, 0.2) is 0 Å². The molecule has 0 saturated carbocycles. The van der Waals surface area contributed by atoms with Gasteiger partial charge in [-0.3, -0.25) is 13.8 Å². The number of allylic oxidation sites excluding steroid dienone is 5. The Balaban J connectivity index is 4.17. The van der Waals surface area contributed by atoms with Gasteiger partial charge < -0.3 is 19.8 Å². The third kappa shape index (κ3) is 44.8. The molecule has 0 fully saturated rings. The number of rotatable bonds is 46. The number of phosphoric acid groups is 1. The molecule has 1 amide bonds. The summed E-state index contributed by atoms with van der Waals surface area (Å²) in [7, 11) is 1.55. The van der Waals surface area contributed by atoms with E-state index < -0.39 is 20.0 Å². The molecule has 0 spiro atoms. The van der Waals surface area contributed by atoms with Crippen LogP contribution in [0, 0.1) is 0 Å². The number of carbonyl (C=O) groups is 1. The van der Waals surface area contributed by atoms with Crippen molar-refractivity contribution in [3.05, 3.63) is 36.5 Å². The van der Waals surface area contributed by atoms with Crippen molar-refractivity contribution < 1.29 is 32.9 Å². The number of likely N-dealkylation sites (N-methyl/N-ethyl adjacent to an activating group) is 1. The van der Waals surface area contributed by atoms with Crippen molar-refractivity contribution in [3.63, 3.8) is 0 Å². The number of carbonyl (C=O) groups excluding carboxylic acids is 1. The number of hydrogen-bond acceptors (Lipinski definition) is 5. The Kier molecular flexibility index (Phi) is 42.1. The van der Waals surface area contributed by atoms with Crippen LogP contribution in [0.1, 0.15) is 232 Å². The van der Waals surface area contributed by atoms with E-state index in [2.05, 4.69) is 43.5 Å². The minimum absolute atomic E-state index is 0.0545. The van der Waals surface area contributed by atoms with Gasteiger partial charge in [-0.05, 0) is 51.4 Å². The van der Waals surface area contributed by atoms with Gasteiger partial charge >= 0.3 is 7.82 Å². The van der Waals surface area contributed by atoms with Gasteiger partial charge in [0.2, 0.25) is 5.91 Å². The third-order valence-electron chi connectivity index (χ3n) is 11.3. The smallest absolute Gasteiger partial charge is 0.387 e. The average molecular weight is 868 g/mol. The fraction of sp³-hybridized carbons (Fsp3) is 0.863. The first-order valence-electron chi connectivity index (χ1n) is 25.4. The predicted octanol–water partition coefficient (Wildman–Crippen LogP) is 14.6. The van der Waals surface area contributed by atoms with E-state index in [1.54, 1.807) is 6.08 Å². The monoisotopic (exact) mass is 868 g/mol. The van der Waals surface area contributed by atoms with E-state index >= 15 is 0 Å². The summed E-state index contributed by atoms with van der Waals surface area (Å²) < 4.78 is 23.5. The summed E-state index contributed by atoms with van der Waals surface area (Å²) in [6.07, 6.45) is 54.0. The fourth-order valence-corrected chi connectivity index (χ4v) is 8.03. The van der Waals surface area contributed by atoms with E-state index in [1.807, 2.05) is 27.2 Å². The number of quaternary nitrogens is 1. The Labute approximate surface area is 372 Å². The van der Waals surface area contributed by atoms with Gasteiger partial charge in [-0.25, -0.2) is 4.57 Å². The summed E-state index contributed by atoms with van der Waals surface area (Å²) in [5.41, 5.74) is 0. The molecule has 0 heterocycles. The van der Waals surface area contributed by atoms with Gasteiger partial charge in [-0.1, -0.05) is 211 Å². The van der Waals surface area contributed by atoms with Crippen LogP contribution in [0.4, 0.5) is 0 Å². The lowest BCUT2D eigenvalue weighted by Crippen LogP contribution is -2.45. The Morgan fingerprint density at radius 2 is 0.950 bits per heavy atom. The molecule has 0 aromatic heterocycles. The summed E-state index contributed by atoms with van der Waals surface area (Å²) in [5, 5.41) is 13.8. The second kappa shape index (κ2) is 43.0. The molecule has 8 nitrogen and oxygen atoms in total. The Hall–Kier alpha value is -1.28. The predicted molar refractivity (Wildman–Crippen MR) is 258 cm³/mol. The molecule has 9 heteroatoms. The van der Waals surface area contributed by atoms with Crippen molar-refractivity contribution >= 4 is 13.7 Å². The lowest BCUT2D eigenvalue weighted by Gasteiger charge is -2.25. The summed E-state index contributed by atoms with van der Waals surface area (Å²) in [6, 6.07) is -0.865. The van der Waals surface area contributed by atoms with Crippen molar-refractivity contribution in [1.29, 1.82) is 0 Å². The number of nitrogens with one attached hydrogen (secondary N) is 1. The van der Waals surface area contributed by atoms with E-state index in [0.717, 1.165) is 64.2 Å². The lowest BCUT2D eigenvalue weighted by molar-refractivity contribution is -0.870. The number of aliphatic hydroxyl groups excluding tert-OH is 1. The zero-order valence-corrected chi connectivity index (χ0v) is 41.1. The molecule has 3 atom stereocenters. The van der Waals surface area contributed by atoms with Crippen LogP contribution in [0.3, 0.4) is 0 Å². The highest BCUT2D eigenvalue weighted by Crippen LogP contribution is 2.43. The topological polar surface area (TPSA) is 105 Å². The molecule has 0 aromatic carbocycles. The van der Waals surface area contributed by atoms with E-state index in [9.17, 15) is 19.4 Å².